The summed E-state index contributed by atoms with van der Waals surface area (Å²) in [5, 5.41) is 3.72. The van der Waals surface area contributed by atoms with E-state index in [-0.39, 0.29) is 23.6 Å². The van der Waals surface area contributed by atoms with Gasteiger partial charge in [0.05, 0.1) is 17.2 Å². The van der Waals surface area contributed by atoms with Gasteiger partial charge in [-0.1, -0.05) is 48.3 Å². The minimum Gasteiger partial charge on any atom is -0.497 e. The number of Topliss-reactive ketones (excluding diaryl/α,β-unsaturated/α-hetero) is 1. The van der Waals surface area contributed by atoms with Gasteiger partial charge in [0.15, 0.2) is 10.5 Å². The first-order chi connectivity index (χ1) is 14.1. The predicted octanol–water partition coefficient (Wildman–Crippen LogP) is 4.15. The molecule has 0 bridgehead atoms. The standard InChI is InChI=1S/C21H23Cl2NO5S/c1-3-21(30(26,27)28,19(25)14-5-4-6-16(11-14)29-2)20(9-10-24-13-20)15-7-8-17(22)18(23)12-15/h4-8,11-12,24H,3,9-10,13H2,1-2H3,(H,26,27,28). The minimum atomic E-state index is -4.86. The molecule has 0 aromatic heterocycles. The van der Waals surface area contributed by atoms with Crippen LogP contribution in [0.1, 0.15) is 35.7 Å². The van der Waals surface area contributed by atoms with Crippen LogP contribution in [0.3, 0.4) is 0 Å². The Morgan fingerprint density at radius 1 is 1.23 bits per heavy atom. The number of hydrogen-bond donors (Lipinski definition) is 2. The quantitative estimate of drug-likeness (QED) is 0.465. The largest absolute Gasteiger partial charge is 0.497 e. The van der Waals surface area contributed by atoms with Crippen LogP contribution in [0.15, 0.2) is 42.5 Å². The molecule has 2 unspecified atom stereocenters. The Kier molecular flexibility index (Phi) is 6.51. The number of methoxy groups -OCH3 is 1. The first kappa shape index (κ1) is 23.0. The van der Waals surface area contributed by atoms with Crippen molar-refractivity contribution in [3.8, 4) is 5.75 Å². The van der Waals surface area contributed by atoms with Gasteiger partial charge < -0.3 is 10.1 Å². The molecule has 0 radical (unpaired) electrons. The molecule has 162 valence electrons. The van der Waals surface area contributed by atoms with E-state index in [1.54, 1.807) is 37.3 Å². The molecule has 0 spiro atoms. The molecule has 1 saturated heterocycles. The highest BCUT2D eigenvalue weighted by Gasteiger charge is 2.64. The summed E-state index contributed by atoms with van der Waals surface area (Å²) in [4.78, 5) is 13.8. The van der Waals surface area contributed by atoms with E-state index in [2.05, 4.69) is 5.32 Å². The Morgan fingerprint density at radius 2 is 1.97 bits per heavy atom. The summed E-state index contributed by atoms with van der Waals surface area (Å²) in [6, 6.07) is 11.1. The van der Waals surface area contributed by atoms with Crippen molar-refractivity contribution in [3.63, 3.8) is 0 Å². The van der Waals surface area contributed by atoms with Gasteiger partial charge in [0.25, 0.3) is 10.1 Å². The van der Waals surface area contributed by atoms with Gasteiger partial charge in [-0.3, -0.25) is 9.35 Å². The van der Waals surface area contributed by atoms with Crippen molar-refractivity contribution in [1.82, 2.24) is 5.32 Å². The molecule has 0 aliphatic carbocycles. The van der Waals surface area contributed by atoms with Gasteiger partial charge in [-0.25, -0.2) is 0 Å². The summed E-state index contributed by atoms with van der Waals surface area (Å²) >= 11 is 12.3. The Balaban J connectivity index is 2.33. The number of ether oxygens (including phenoxy) is 1. The summed E-state index contributed by atoms with van der Waals surface area (Å²) in [6.07, 6.45) is 0.179. The Morgan fingerprint density at radius 3 is 2.50 bits per heavy atom. The smallest absolute Gasteiger partial charge is 0.279 e. The third kappa shape index (κ3) is 3.52. The third-order valence-electron chi connectivity index (χ3n) is 6.04. The molecule has 2 aromatic rings. The third-order valence-corrected chi connectivity index (χ3v) is 8.52. The van der Waals surface area contributed by atoms with Crippen LogP contribution in [0.4, 0.5) is 0 Å². The van der Waals surface area contributed by atoms with Crippen molar-refractivity contribution < 1.29 is 22.5 Å². The van der Waals surface area contributed by atoms with Gasteiger partial charge in [0.2, 0.25) is 0 Å². The molecular weight excluding hydrogens is 449 g/mol. The van der Waals surface area contributed by atoms with Crippen LogP contribution < -0.4 is 10.1 Å². The zero-order valence-corrected chi connectivity index (χ0v) is 18.9. The molecule has 9 heteroatoms. The number of rotatable bonds is 7. The van der Waals surface area contributed by atoms with Gasteiger partial charge in [-0.05, 0) is 49.2 Å². The Hall–Kier alpha value is -1.64. The fourth-order valence-electron chi connectivity index (χ4n) is 4.57. The lowest BCUT2D eigenvalue weighted by atomic mass is 9.65. The van der Waals surface area contributed by atoms with Gasteiger partial charge >= 0.3 is 0 Å². The molecule has 1 heterocycles. The summed E-state index contributed by atoms with van der Waals surface area (Å²) < 4.78 is 39.6. The second-order valence-electron chi connectivity index (χ2n) is 7.35. The van der Waals surface area contributed by atoms with Crippen LogP contribution in [-0.2, 0) is 15.5 Å². The number of benzene rings is 2. The molecule has 6 nitrogen and oxygen atoms in total. The molecule has 1 aliphatic rings. The second-order valence-corrected chi connectivity index (χ2v) is 9.82. The molecule has 1 aliphatic heterocycles. The molecule has 1 fully saturated rings. The highest BCUT2D eigenvalue weighted by atomic mass is 35.5. The molecule has 2 N–H and O–H groups in total. The topological polar surface area (TPSA) is 92.7 Å². The highest BCUT2D eigenvalue weighted by Crippen LogP contribution is 2.50. The molecule has 3 rings (SSSR count). The lowest BCUT2D eigenvalue weighted by molar-refractivity contribution is 0.0868. The van der Waals surface area contributed by atoms with Crippen LogP contribution in [0.5, 0.6) is 5.75 Å². The number of carbonyl (C=O) groups excluding carboxylic acids is 1. The fraction of sp³-hybridized carbons (Fsp3) is 0.381. The highest BCUT2D eigenvalue weighted by molar-refractivity contribution is 7.88. The zero-order chi connectivity index (χ0) is 22.2. The van der Waals surface area contributed by atoms with Crippen LogP contribution in [0.25, 0.3) is 0 Å². The van der Waals surface area contributed by atoms with Crippen LogP contribution in [0.2, 0.25) is 10.0 Å². The molecule has 30 heavy (non-hydrogen) atoms. The van der Waals surface area contributed by atoms with Crippen LogP contribution in [0, 0.1) is 0 Å². The van der Waals surface area contributed by atoms with E-state index in [9.17, 15) is 17.8 Å². The van der Waals surface area contributed by atoms with E-state index in [4.69, 9.17) is 27.9 Å². The van der Waals surface area contributed by atoms with E-state index >= 15 is 0 Å². The summed E-state index contributed by atoms with van der Waals surface area (Å²) in [7, 11) is -3.41. The molecule has 2 atom stereocenters. The maximum atomic E-state index is 13.8. The number of halogens is 2. The first-order valence-corrected chi connectivity index (χ1v) is 11.6. The maximum Gasteiger partial charge on any atom is 0.279 e. The van der Waals surface area contributed by atoms with Crippen molar-refractivity contribution in [2.75, 3.05) is 20.2 Å². The van der Waals surface area contributed by atoms with E-state index in [1.165, 1.54) is 19.2 Å². The normalized spacial score (nSPS) is 21.2. The van der Waals surface area contributed by atoms with Crippen molar-refractivity contribution in [3.05, 3.63) is 63.6 Å². The van der Waals surface area contributed by atoms with Crippen molar-refractivity contribution in [1.29, 1.82) is 0 Å². The average molecular weight is 472 g/mol. The summed E-state index contributed by atoms with van der Waals surface area (Å²) in [6.45, 7) is 2.24. The summed E-state index contributed by atoms with van der Waals surface area (Å²) in [5.41, 5.74) is -0.582. The van der Waals surface area contributed by atoms with Crippen molar-refractivity contribution >= 4 is 39.1 Å². The van der Waals surface area contributed by atoms with E-state index in [0.29, 0.717) is 29.3 Å². The number of carbonyl (C=O) groups is 1. The van der Waals surface area contributed by atoms with Gasteiger partial charge in [0.1, 0.15) is 5.75 Å². The van der Waals surface area contributed by atoms with Gasteiger partial charge in [0, 0.05) is 17.5 Å². The lowest BCUT2D eigenvalue weighted by Crippen LogP contribution is -2.62. The number of ketones is 1. The molecule has 0 amide bonds. The van der Waals surface area contributed by atoms with Crippen LogP contribution >= 0.6 is 23.2 Å². The van der Waals surface area contributed by atoms with Crippen LogP contribution in [-0.4, -0.2) is 43.7 Å². The SMILES string of the molecule is CCC(C(=O)c1cccc(OC)c1)(C1(c2ccc(Cl)c(Cl)c2)CCNC1)S(=O)(=O)O. The summed E-state index contributed by atoms with van der Waals surface area (Å²) in [5.74, 6) is -0.282. The second kappa shape index (κ2) is 8.48. The fourth-order valence-corrected chi connectivity index (χ4v) is 6.37. The van der Waals surface area contributed by atoms with Crippen molar-refractivity contribution in [2.24, 2.45) is 0 Å². The molecular formula is C21H23Cl2NO5S. The zero-order valence-electron chi connectivity index (χ0n) is 16.6. The van der Waals surface area contributed by atoms with Gasteiger partial charge in [-0.2, -0.15) is 8.42 Å². The van der Waals surface area contributed by atoms with E-state index in [0.717, 1.165) is 0 Å². The maximum absolute atomic E-state index is 13.8. The lowest BCUT2D eigenvalue weighted by Gasteiger charge is -2.45. The minimum absolute atomic E-state index is 0.135. The van der Waals surface area contributed by atoms with E-state index in [1.807, 2.05) is 0 Å². The Bertz CT molecular complexity index is 1070. The molecule has 0 saturated carbocycles. The van der Waals surface area contributed by atoms with E-state index < -0.39 is 26.1 Å². The predicted molar refractivity (Wildman–Crippen MR) is 118 cm³/mol. The molecule has 2 aromatic carbocycles. The Labute approximate surface area is 186 Å². The number of nitrogens with one attached hydrogen (secondary N) is 1. The van der Waals surface area contributed by atoms with Gasteiger partial charge in [-0.15, -0.1) is 0 Å². The average Bonchev–Trinajstić information content (AvgIpc) is 3.21. The first-order valence-electron chi connectivity index (χ1n) is 9.45. The van der Waals surface area contributed by atoms with Crippen molar-refractivity contribution in [2.45, 2.75) is 29.9 Å². The number of hydrogen-bond acceptors (Lipinski definition) is 5. The monoisotopic (exact) mass is 471 g/mol.